The van der Waals surface area contributed by atoms with Gasteiger partial charge < -0.3 is 24.1 Å². The lowest BCUT2D eigenvalue weighted by molar-refractivity contribution is 0.0519. The van der Waals surface area contributed by atoms with E-state index in [2.05, 4.69) is 66.2 Å². The topological polar surface area (TPSA) is 98.7 Å². The molecule has 1 aliphatic rings. The monoisotopic (exact) mass is 715 g/mol. The van der Waals surface area contributed by atoms with Crippen LogP contribution in [0.2, 0.25) is 23.3 Å². The van der Waals surface area contributed by atoms with Crippen molar-refractivity contribution in [1.29, 1.82) is 0 Å². The van der Waals surface area contributed by atoms with Gasteiger partial charge in [-0.1, -0.05) is 44.2 Å². The zero-order valence-electron chi connectivity index (χ0n) is 29.1. The van der Waals surface area contributed by atoms with E-state index in [4.69, 9.17) is 25.5 Å². The summed E-state index contributed by atoms with van der Waals surface area (Å²) in [6.45, 7) is 18.2. The first-order chi connectivity index (χ1) is 22.8. The number of halogens is 2. The third-order valence-electron chi connectivity index (χ3n) is 8.67. The van der Waals surface area contributed by atoms with Gasteiger partial charge in [-0.3, -0.25) is 0 Å². The van der Waals surface area contributed by atoms with Crippen molar-refractivity contribution in [1.82, 2.24) is 20.5 Å². The number of aromatic nitrogens is 3. The zero-order valence-corrected chi connectivity index (χ0v) is 31.7. The summed E-state index contributed by atoms with van der Waals surface area (Å²) < 4.78 is 32.1. The lowest BCUT2D eigenvalue weighted by Crippen LogP contribution is -2.41. The van der Waals surface area contributed by atoms with Crippen LogP contribution in [0.3, 0.4) is 0 Å². The number of hydrogen-bond acceptors (Lipinski definition) is 10. The summed E-state index contributed by atoms with van der Waals surface area (Å²) in [5, 5.41) is 13.0. The Hall–Kier alpha value is -3.08. The summed E-state index contributed by atoms with van der Waals surface area (Å²) in [6, 6.07) is 4.74. The van der Waals surface area contributed by atoms with E-state index >= 15 is 0 Å². The van der Waals surface area contributed by atoms with E-state index in [1.807, 2.05) is 11.8 Å². The first-order valence-electron chi connectivity index (χ1n) is 16.5. The van der Waals surface area contributed by atoms with E-state index < -0.39 is 20.1 Å². The highest BCUT2D eigenvalue weighted by atomic mass is 35.5. The Morgan fingerprint density at radius 3 is 2.73 bits per heavy atom. The van der Waals surface area contributed by atoms with Crippen LogP contribution in [-0.2, 0) is 22.0 Å². The number of carbonyl (C=O) groups is 1. The molecule has 0 bridgehead atoms. The molecule has 0 amide bonds. The predicted octanol–water partition coefficient (Wildman–Crippen LogP) is 7.66. The number of fused-ring (bicyclic) bond motifs is 1. The third kappa shape index (κ3) is 9.76. The van der Waals surface area contributed by atoms with Crippen molar-refractivity contribution in [3.8, 4) is 17.6 Å². The van der Waals surface area contributed by atoms with E-state index in [9.17, 15) is 9.18 Å². The van der Waals surface area contributed by atoms with E-state index in [1.165, 1.54) is 17.4 Å². The average molecular weight is 716 g/mol. The molecule has 3 heterocycles. The van der Waals surface area contributed by atoms with Crippen LogP contribution >= 0.6 is 22.9 Å². The number of nitrogens with zero attached hydrogens (tertiary/aromatic N) is 4. The predicted molar refractivity (Wildman–Crippen MR) is 193 cm³/mol. The van der Waals surface area contributed by atoms with Gasteiger partial charge in [-0.05, 0) is 94.4 Å². The summed E-state index contributed by atoms with van der Waals surface area (Å²) in [7, 11) is -1.72. The van der Waals surface area contributed by atoms with Crippen molar-refractivity contribution < 1.29 is 23.1 Å². The SMILES string of the molecule is CCOC(=O)c1nc(N2CCCc3c2nnc(Cl)c3C)sc1CCCOc1ccc(C#CCNCCCO[Si](C)(C)C(C)(C)C)cc1F. The number of benzene rings is 1. The molecule has 1 N–H and O–H groups in total. The Labute approximate surface area is 294 Å². The van der Waals surface area contributed by atoms with Crippen LogP contribution in [0.25, 0.3) is 0 Å². The molecule has 1 aliphatic heterocycles. The number of anilines is 2. The van der Waals surface area contributed by atoms with Gasteiger partial charge in [0.1, 0.15) is 0 Å². The molecule has 13 heteroatoms. The number of hydrogen-bond donors (Lipinski definition) is 1. The Bertz CT molecular complexity index is 1640. The van der Waals surface area contributed by atoms with Gasteiger partial charge in [0, 0.05) is 29.2 Å². The third-order valence-corrected chi connectivity index (χ3v) is 14.7. The highest BCUT2D eigenvalue weighted by Gasteiger charge is 2.36. The highest BCUT2D eigenvalue weighted by molar-refractivity contribution is 7.16. The van der Waals surface area contributed by atoms with Crippen LogP contribution in [0.1, 0.15) is 79.0 Å². The van der Waals surface area contributed by atoms with Crippen molar-refractivity contribution in [2.75, 3.05) is 44.4 Å². The van der Waals surface area contributed by atoms with Crippen LogP contribution < -0.4 is 15.0 Å². The summed E-state index contributed by atoms with van der Waals surface area (Å²) in [6.07, 6.45) is 3.72. The van der Waals surface area contributed by atoms with Gasteiger partial charge in [0.15, 0.2) is 41.7 Å². The van der Waals surface area contributed by atoms with Gasteiger partial charge in [0.2, 0.25) is 0 Å². The normalized spacial score (nSPS) is 13.1. The summed E-state index contributed by atoms with van der Waals surface area (Å²) in [5.41, 5.74) is 2.81. The number of rotatable bonds is 14. The second-order valence-electron chi connectivity index (χ2n) is 13.2. The van der Waals surface area contributed by atoms with Crippen LogP contribution in [0.4, 0.5) is 15.3 Å². The second-order valence-corrected chi connectivity index (χ2v) is 19.4. The molecule has 0 radical (unpaired) electrons. The molecule has 1 aromatic carbocycles. The number of nitrogens with one attached hydrogen (secondary N) is 1. The summed E-state index contributed by atoms with van der Waals surface area (Å²) in [4.78, 5) is 20.3. The van der Waals surface area contributed by atoms with Crippen molar-refractivity contribution in [3.05, 3.63) is 56.4 Å². The Morgan fingerprint density at radius 1 is 1.21 bits per heavy atom. The van der Waals surface area contributed by atoms with Crippen molar-refractivity contribution in [2.45, 2.75) is 84.9 Å². The van der Waals surface area contributed by atoms with E-state index in [-0.39, 0.29) is 29.7 Å². The largest absolute Gasteiger partial charge is 0.491 e. The lowest BCUT2D eigenvalue weighted by atomic mass is 10.0. The molecule has 0 spiro atoms. The molecular formula is C35H47ClFN5O4SSi. The van der Waals surface area contributed by atoms with Gasteiger partial charge in [-0.15, -0.1) is 21.5 Å². The maximum absolute atomic E-state index is 14.8. The molecule has 0 saturated heterocycles. The van der Waals surface area contributed by atoms with Gasteiger partial charge in [0.25, 0.3) is 0 Å². The van der Waals surface area contributed by atoms with Gasteiger partial charge in [-0.25, -0.2) is 14.2 Å². The van der Waals surface area contributed by atoms with Crippen LogP contribution in [-0.4, -0.2) is 68.9 Å². The Balaban J connectivity index is 1.28. The first kappa shape index (κ1) is 37.7. The van der Waals surface area contributed by atoms with Crippen LogP contribution in [0.15, 0.2) is 18.2 Å². The highest BCUT2D eigenvalue weighted by Crippen LogP contribution is 2.38. The molecule has 2 aromatic heterocycles. The van der Waals surface area contributed by atoms with Crippen molar-refractivity contribution in [3.63, 3.8) is 0 Å². The van der Waals surface area contributed by atoms with Gasteiger partial charge >= 0.3 is 5.97 Å². The zero-order chi connectivity index (χ0) is 34.9. The molecule has 9 nitrogen and oxygen atoms in total. The lowest BCUT2D eigenvalue weighted by Gasteiger charge is -2.36. The Morgan fingerprint density at radius 2 is 2.00 bits per heavy atom. The molecule has 0 unspecified atom stereocenters. The van der Waals surface area contributed by atoms with E-state index in [0.29, 0.717) is 47.6 Å². The van der Waals surface area contributed by atoms with Gasteiger partial charge in [-0.2, -0.15) is 0 Å². The summed E-state index contributed by atoms with van der Waals surface area (Å²) in [5.74, 6) is 5.99. The van der Waals surface area contributed by atoms with Crippen molar-refractivity contribution >= 4 is 48.2 Å². The number of ether oxygens (including phenoxy) is 2. The van der Waals surface area contributed by atoms with Crippen LogP contribution in [0.5, 0.6) is 5.75 Å². The molecule has 4 rings (SSSR count). The Kier molecular flexibility index (Phi) is 13.4. The molecule has 260 valence electrons. The number of esters is 1. The molecule has 0 fully saturated rings. The smallest absolute Gasteiger partial charge is 0.358 e. The minimum absolute atomic E-state index is 0.161. The molecule has 3 aromatic rings. The second kappa shape index (κ2) is 17.0. The fourth-order valence-corrected chi connectivity index (χ4v) is 7.23. The minimum Gasteiger partial charge on any atom is -0.491 e. The first-order valence-corrected chi connectivity index (χ1v) is 20.6. The number of aryl methyl sites for hydroxylation is 1. The molecule has 48 heavy (non-hydrogen) atoms. The van der Waals surface area contributed by atoms with Gasteiger partial charge in [0.05, 0.1) is 19.8 Å². The standard InChI is InChI=1S/C35H47ClFN5O4SSi/c1-8-44-33(43)30-29(47-34(39-30)42-20-10-14-26-24(2)31(36)40-41-32(26)42)15-11-21-45-28-17-16-25(23-27(28)37)13-9-18-38-19-12-22-46-48(6,7)35(3,4)5/h16-17,23,38H,8,10-12,14-15,18-22H2,1-7H3. The fraction of sp³-hybridized carbons (Fsp3) is 0.543. The molecular weight excluding hydrogens is 669 g/mol. The molecule has 0 saturated carbocycles. The average Bonchev–Trinajstić information content (AvgIpc) is 3.46. The number of thiazole rings is 1. The van der Waals surface area contributed by atoms with Crippen molar-refractivity contribution in [2.24, 2.45) is 0 Å². The van der Waals surface area contributed by atoms with E-state index in [1.54, 1.807) is 19.1 Å². The molecule has 0 atom stereocenters. The van der Waals surface area contributed by atoms with Crippen LogP contribution in [0, 0.1) is 24.6 Å². The number of carbonyl (C=O) groups excluding carboxylic acids is 1. The summed E-state index contributed by atoms with van der Waals surface area (Å²) >= 11 is 7.65. The fourth-order valence-electron chi connectivity index (χ4n) is 4.87. The molecule has 0 aliphatic carbocycles. The minimum atomic E-state index is -1.72. The quantitative estimate of drug-likeness (QED) is 0.0781. The maximum Gasteiger partial charge on any atom is 0.358 e. The van der Waals surface area contributed by atoms with E-state index in [0.717, 1.165) is 48.4 Å². The maximum atomic E-state index is 14.8.